The first-order chi connectivity index (χ1) is 7.88. The lowest BCUT2D eigenvalue weighted by Crippen LogP contribution is -2.23. The monoisotopic (exact) mass is 223 g/mol. The molecule has 1 aromatic rings. The maximum Gasteiger partial charge on any atom is 0.195 e. The molecule has 0 saturated carbocycles. The largest absolute Gasteiger partial charge is 0.446 e. The lowest BCUT2D eigenvalue weighted by Gasteiger charge is -2.05. The zero-order valence-electron chi connectivity index (χ0n) is 9.96. The molecule has 0 radical (unpaired) electrons. The van der Waals surface area contributed by atoms with E-state index >= 15 is 0 Å². The maximum absolute atomic E-state index is 5.71. The van der Waals surface area contributed by atoms with Crippen molar-refractivity contribution < 1.29 is 4.42 Å². The van der Waals surface area contributed by atoms with Crippen LogP contribution in [-0.2, 0) is 12.8 Å². The Morgan fingerprint density at radius 1 is 1.62 bits per heavy atom. The molecule has 4 nitrogen and oxygen atoms in total. The van der Waals surface area contributed by atoms with Gasteiger partial charge in [-0.05, 0) is 39.4 Å². The summed E-state index contributed by atoms with van der Waals surface area (Å²) in [7, 11) is 1.97. The minimum Gasteiger partial charge on any atom is -0.446 e. The van der Waals surface area contributed by atoms with Crippen LogP contribution in [0.1, 0.15) is 30.9 Å². The van der Waals surface area contributed by atoms with Gasteiger partial charge in [-0.2, -0.15) is 0 Å². The summed E-state index contributed by atoms with van der Waals surface area (Å²) in [5.74, 6) is 1.90. The van der Waals surface area contributed by atoms with Gasteiger partial charge in [0.1, 0.15) is 5.76 Å². The summed E-state index contributed by atoms with van der Waals surface area (Å²) in [5.41, 5.74) is 0. The predicted molar refractivity (Wildman–Crippen MR) is 63.5 cm³/mol. The van der Waals surface area contributed by atoms with Gasteiger partial charge in [-0.1, -0.05) is 0 Å². The van der Waals surface area contributed by atoms with Crippen LogP contribution in [0, 0.1) is 0 Å². The van der Waals surface area contributed by atoms with Crippen molar-refractivity contribution >= 4 is 0 Å². The number of aryl methyl sites for hydroxylation is 1. The Labute approximate surface area is 96.8 Å². The van der Waals surface area contributed by atoms with Gasteiger partial charge >= 0.3 is 0 Å². The molecule has 0 spiro atoms. The second kappa shape index (κ2) is 6.01. The number of hydrogen-bond donors (Lipinski definition) is 2. The fraction of sp³-hybridized carbons (Fsp3) is 0.750. The van der Waals surface area contributed by atoms with Crippen molar-refractivity contribution in [2.24, 2.45) is 0 Å². The van der Waals surface area contributed by atoms with Crippen LogP contribution in [-0.4, -0.2) is 31.2 Å². The molecule has 0 aliphatic carbocycles. The minimum atomic E-state index is 0.573. The smallest absolute Gasteiger partial charge is 0.195 e. The molecule has 1 aliphatic heterocycles. The zero-order valence-corrected chi connectivity index (χ0v) is 9.96. The third-order valence-electron chi connectivity index (χ3n) is 3.03. The molecule has 1 fully saturated rings. The number of nitrogens with one attached hydrogen (secondary N) is 2. The predicted octanol–water partition coefficient (Wildman–Crippen LogP) is 1.12. The van der Waals surface area contributed by atoms with E-state index in [2.05, 4.69) is 15.6 Å². The van der Waals surface area contributed by atoms with Crippen LogP contribution in [0.4, 0.5) is 0 Å². The molecule has 90 valence electrons. The maximum atomic E-state index is 5.71. The molecular weight excluding hydrogens is 202 g/mol. The first-order valence-electron chi connectivity index (χ1n) is 6.20. The van der Waals surface area contributed by atoms with Crippen LogP contribution in [0.3, 0.4) is 0 Å². The van der Waals surface area contributed by atoms with E-state index in [1.54, 1.807) is 0 Å². The number of oxazole rings is 1. The van der Waals surface area contributed by atoms with Gasteiger partial charge < -0.3 is 15.1 Å². The summed E-state index contributed by atoms with van der Waals surface area (Å²) in [5, 5.41) is 6.59. The SMILES string of the molecule is CNCCCc1cnc(CC2CCCN2)o1. The summed E-state index contributed by atoms with van der Waals surface area (Å²) in [6.45, 7) is 2.17. The Bertz CT molecular complexity index is 305. The first-order valence-corrected chi connectivity index (χ1v) is 6.20. The second-order valence-electron chi connectivity index (χ2n) is 4.42. The zero-order chi connectivity index (χ0) is 11.2. The van der Waals surface area contributed by atoms with Crippen molar-refractivity contribution in [3.05, 3.63) is 17.8 Å². The highest BCUT2D eigenvalue weighted by atomic mass is 16.4. The van der Waals surface area contributed by atoms with Gasteiger partial charge in [0.2, 0.25) is 0 Å². The highest BCUT2D eigenvalue weighted by Gasteiger charge is 2.16. The van der Waals surface area contributed by atoms with E-state index in [0.29, 0.717) is 6.04 Å². The second-order valence-corrected chi connectivity index (χ2v) is 4.42. The van der Waals surface area contributed by atoms with Crippen molar-refractivity contribution in [1.29, 1.82) is 0 Å². The number of hydrogen-bond acceptors (Lipinski definition) is 4. The minimum absolute atomic E-state index is 0.573. The molecule has 4 heteroatoms. The van der Waals surface area contributed by atoms with E-state index in [4.69, 9.17) is 4.42 Å². The molecule has 2 N–H and O–H groups in total. The summed E-state index contributed by atoms with van der Waals surface area (Å²) in [4.78, 5) is 4.33. The molecular formula is C12H21N3O. The van der Waals surface area contributed by atoms with E-state index in [1.165, 1.54) is 12.8 Å². The molecule has 2 rings (SSSR count). The van der Waals surface area contributed by atoms with Gasteiger partial charge in [-0.15, -0.1) is 0 Å². The average molecular weight is 223 g/mol. The van der Waals surface area contributed by atoms with Crippen LogP contribution >= 0.6 is 0 Å². The number of aromatic nitrogens is 1. The van der Waals surface area contributed by atoms with Gasteiger partial charge in [0.05, 0.1) is 6.20 Å². The topological polar surface area (TPSA) is 50.1 Å². The number of nitrogens with zero attached hydrogens (tertiary/aromatic N) is 1. The van der Waals surface area contributed by atoms with Crippen LogP contribution in [0.5, 0.6) is 0 Å². The molecule has 2 heterocycles. The lowest BCUT2D eigenvalue weighted by atomic mass is 10.2. The van der Waals surface area contributed by atoms with Crippen LogP contribution < -0.4 is 10.6 Å². The van der Waals surface area contributed by atoms with Crippen molar-refractivity contribution in [2.75, 3.05) is 20.1 Å². The third kappa shape index (κ3) is 3.32. The van der Waals surface area contributed by atoms with Crippen molar-refractivity contribution in [2.45, 2.75) is 38.1 Å². The van der Waals surface area contributed by atoms with Crippen LogP contribution in [0.2, 0.25) is 0 Å². The Morgan fingerprint density at radius 2 is 2.56 bits per heavy atom. The van der Waals surface area contributed by atoms with Crippen molar-refractivity contribution in [1.82, 2.24) is 15.6 Å². The first kappa shape index (κ1) is 11.6. The normalized spacial score (nSPS) is 20.4. The standard InChI is InChI=1S/C12H21N3O/c1-13-6-3-5-11-9-15-12(16-11)8-10-4-2-7-14-10/h9-10,13-14H,2-8H2,1H3. The third-order valence-corrected chi connectivity index (χ3v) is 3.03. The molecule has 0 aromatic carbocycles. The van der Waals surface area contributed by atoms with Gasteiger partial charge in [0.15, 0.2) is 5.89 Å². The Balaban J connectivity index is 1.77. The van der Waals surface area contributed by atoms with E-state index in [0.717, 1.165) is 44.0 Å². The number of rotatable bonds is 6. The van der Waals surface area contributed by atoms with Crippen molar-refractivity contribution in [3.8, 4) is 0 Å². The molecule has 1 aliphatic rings. The Hall–Kier alpha value is -0.870. The highest BCUT2D eigenvalue weighted by Crippen LogP contribution is 2.13. The summed E-state index contributed by atoms with van der Waals surface area (Å²) in [6, 6.07) is 0.573. The van der Waals surface area contributed by atoms with Gasteiger partial charge in [0.25, 0.3) is 0 Å². The highest BCUT2D eigenvalue weighted by molar-refractivity contribution is 4.97. The molecule has 1 saturated heterocycles. The Kier molecular flexibility index (Phi) is 4.36. The van der Waals surface area contributed by atoms with Gasteiger partial charge in [-0.25, -0.2) is 4.98 Å². The van der Waals surface area contributed by atoms with Crippen LogP contribution in [0.15, 0.2) is 10.6 Å². The quantitative estimate of drug-likeness (QED) is 0.710. The summed E-state index contributed by atoms with van der Waals surface area (Å²) < 4.78 is 5.71. The fourth-order valence-electron chi connectivity index (χ4n) is 2.14. The molecule has 1 unspecified atom stereocenters. The average Bonchev–Trinajstić information content (AvgIpc) is 2.91. The molecule has 1 aromatic heterocycles. The van der Waals surface area contributed by atoms with E-state index in [-0.39, 0.29) is 0 Å². The van der Waals surface area contributed by atoms with E-state index < -0.39 is 0 Å². The van der Waals surface area contributed by atoms with Gasteiger partial charge in [0, 0.05) is 18.9 Å². The molecule has 1 atom stereocenters. The molecule has 16 heavy (non-hydrogen) atoms. The van der Waals surface area contributed by atoms with Crippen molar-refractivity contribution in [3.63, 3.8) is 0 Å². The van der Waals surface area contributed by atoms with E-state index in [9.17, 15) is 0 Å². The lowest BCUT2D eigenvalue weighted by molar-refractivity contribution is 0.424. The van der Waals surface area contributed by atoms with E-state index in [1.807, 2.05) is 13.2 Å². The van der Waals surface area contributed by atoms with Crippen LogP contribution in [0.25, 0.3) is 0 Å². The van der Waals surface area contributed by atoms with Gasteiger partial charge in [-0.3, -0.25) is 0 Å². The Morgan fingerprint density at radius 3 is 3.31 bits per heavy atom. The molecule has 0 bridgehead atoms. The summed E-state index contributed by atoms with van der Waals surface area (Å²) in [6.07, 6.45) is 7.42. The fourth-order valence-corrected chi connectivity index (χ4v) is 2.14. The molecule has 0 amide bonds. The summed E-state index contributed by atoms with van der Waals surface area (Å²) >= 11 is 0.